The van der Waals surface area contributed by atoms with E-state index in [0.717, 1.165) is 34.9 Å². The molecule has 5 heteroatoms. The summed E-state index contributed by atoms with van der Waals surface area (Å²) >= 11 is 6.17. The average molecular weight is 279 g/mol. The fraction of sp³-hybridized carbons (Fsp3) is 0.357. The van der Waals surface area contributed by atoms with Gasteiger partial charge in [-0.15, -0.1) is 0 Å². The van der Waals surface area contributed by atoms with E-state index in [1.807, 2.05) is 37.5 Å². The van der Waals surface area contributed by atoms with Gasteiger partial charge in [0.2, 0.25) is 0 Å². The van der Waals surface area contributed by atoms with Gasteiger partial charge in [0.1, 0.15) is 5.82 Å². The van der Waals surface area contributed by atoms with Crippen LogP contribution >= 0.6 is 11.6 Å². The fourth-order valence-corrected chi connectivity index (χ4v) is 2.44. The van der Waals surface area contributed by atoms with Crippen molar-refractivity contribution in [2.75, 3.05) is 0 Å². The first-order chi connectivity index (χ1) is 9.17. The van der Waals surface area contributed by atoms with E-state index in [2.05, 4.69) is 21.9 Å². The van der Waals surface area contributed by atoms with Crippen LogP contribution in [0.5, 0.6) is 0 Å². The van der Waals surface area contributed by atoms with Crippen molar-refractivity contribution in [1.82, 2.24) is 15.0 Å². The molecule has 1 unspecified atom stereocenters. The first-order valence-corrected chi connectivity index (χ1v) is 6.76. The van der Waals surface area contributed by atoms with Crippen molar-refractivity contribution in [3.8, 4) is 0 Å². The van der Waals surface area contributed by atoms with Crippen molar-refractivity contribution in [2.24, 2.45) is 5.84 Å². The highest BCUT2D eigenvalue weighted by Gasteiger charge is 2.16. The maximum absolute atomic E-state index is 6.17. The van der Waals surface area contributed by atoms with Crippen molar-refractivity contribution in [1.29, 1.82) is 0 Å². The van der Waals surface area contributed by atoms with E-state index in [0.29, 0.717) is 0 Å². The lowest BCUT2D eigenvalue weighted by atomic mass is 9.99. The second kappa shape index (κ2) is 6.19. The molecule has 0 aliphatic carbocycles. The Hall–Kier alpha value is -1.36. The molecule has 1 atom stereocenters. The number of nitrogens with zero attached hydrogens (tertiary/aromatic N) is 2. The second-order valence-corrected chi connectivity index (χ2v) is 4.91. The number of benzene rings is 1. The van der Waals surface area contributed by atoms with Crippen molar-refractivity contribution in [3.63, 3.8) is 0 Å². The van der Waals surface area contributed by atoms with Crippen LogP contribution in [0.4, 0.5) is 0 Å². The van der Waals surface area contributed by atoms with Crippen LogP contribution in [-0.2, 0) is 13.0 Å². The molecule has 0 amide bonds. The van der Waals surface area contributed by atoms with Gasteiger partial charge in [-0.3, -0.25) is 11.3 Å². The van der Waals surface area contributed by atoms with Gasteiger partial charge in [-0.2, -0.15) is 0 Å². The molecular formula is C14H19ClN4. The Morgan fingerprint density at radius 2 is 2.26 bits per heavy atom. The van der Waals surface area contributed by atoms with Gasteiger partial charge in [-0.1, -0.05) is 23.7 Å². The Bertz CT molecular complexity index is 550. The number of nitrogens with one attached hydrogen (secondary N) is 1. The zero-order chi connectivity index (χ0) is 13.8. The third kappa shape index (κ3) is 2.97. The van der Waals surface area contributed by atoms with Crippen molar-refractivity contribution < 1.29 is 0 Å². The van der Waals surface area contributed by atoms with Gasteiger partial charge in [0.15, 0.2) is 0 Å². The van der Waals surface area contributed by atoms with Gasteiger partial charge in [-0.05, 0) is 31.0 Å². The van der Waals surface area contributed by atoms with Gasteiger partial charge in [0.25, 0.3) is 0 Å². The molecule has 0 fully saturated rings. The number of imidazole rings is 1. The number of aryl methyl sites for hydroxylation is 1. The fourth-order valence-electron chi connectivity index (χ4n) is 2.26. The highest BCUT2D eigenvalue weighted by Crippen LogP contribution is 2.25. The minimum atomic E-state index is 0.00593. The van der Waals surface area contributed by atoms with Gasteiger partial charge >= 0.3 is 0 Å². The molecule has 102 valence electrons. The largest absolute Gasteiger partial charge is 0.335 e. The van der Waals surface area contributed by atoms with E-state index in [1.165, 1.54) is 0 Å². The van der Waals surface area contributed by atoms with E-state index in [4.69, 9.17) is 17.4 Å². The van der Waals surface area contributed by atoms with Gasteiger partial charge in [0.05, 0.1) is 6.04 Å². The van der Waals surface area contributed by atoms with Crippen molar-refractivity contribution >= 4 is 11.6 Å². The van der Waals surface area contributed by atoms with Crippen LogP contribution in [0.3, 0.4) is 0 Å². The summed E-state index contributed by atoms with van der Waals surface area (Å²) in [4.78, 5) is 4.39. The second-order valence-electron chi connectivity index (χ2n) is 4.51. The summed E-state index contributed by atoms with van der Waals surface area (Å²) in [7, 11) is 0. The Balaban J connectivity index is 2.28. The van der Waals surface area contributed by atoms with E-state index >= 15 is 0 Å². The van der Waals surface area contributed by atoms with Crippen LogP contribution in [-0.4, -0.2) is 9.55 Å². The Labute approximate surface area is 118 Å². The number of nitrogens with two attached hydrogens (primary N) is 1. The van der Waals surface area contributed by atoms with Crippen LogP contribution in [0.2, 0.25) is 5.02 Å². The van der Waals surface area contributed by atoms with Crippen LogP contribution in [0.15, 0.2) is 30.6 Å². The lowest BCUT2D eigenvalue weighted by molar-refractivity contribution is 0.521. The predicted octanol–water partition coefficient (Wildman–Crippen LogP) is 2.61. The molecule has 1 aromatic carbocycles. The van der Waals surface area contributed by atoms with Crippen LogP contribution in [0.1, 0.15) is 29.9 Å². The summed E-state index contributed by atoms with van der Waals surface area (Å²) < 4.78 is 2.12. The van der Waals surface area contributed by atoms with Gasteiger partial charge < -0.3 is 4.57 Å². The molecule has 0 aliphatic heterocycles. The maximum atomic E-state index is 6.17. The summed E-state index contributed by atoms with van der Waals surface area (Å²) in [5.41, 5.74) is 5.03. The topological polar surface area (TPSA) is 55.9 Å². The number of hydrogen-bond donors (Lipinski definition) is 2. The Morgan fingerprint density at radius 3 is 2.95 bits per heavy atom. The highest BCUT2D eigenvalue weighted by molar-refractivity contribution is 6.31. The Kier molecular flexibility index (Phi) is 4.58. The lowest BCUT2D eigenvalue weighted by Gasteiger charge is -2.19. The third-order valence-electron chi connectivity index (χ3n) is 3.42. The number of hydrogen-bond acceptors (Lipinski definition) is 3. The zero-order valence-electron chi connectivity index (χ0n) is 11.2. The molecule has 0 radical (unpaired) electrons. The normalized spacial score (nSPS) is 12.6. The standard InChI is InChI=1S/C14H19ClN4/c1-3-19-8-7-17-14(19)9-13(18-16)11-5-4-6-12(15)10(11)2/h4-8,13,18H,3,9,16H2,1-2H3. The lowest BCUT2D eigenvalue weighted by Crippen LogP contribution is -2.31. The summed E-state index contributed by atoms with van der Waals surface area (Å²) in [5, 5.41) is 0.761. The zero-order valence-corrected chi connectivity index (χ0v) is 12.0. The molecule has 0 bridgehead atoms. The summed E-state index contributed by atoms with van der Waals surface area (Å²) in [6.45, 7) is 5.01. The number of aromatic nitrogens is 2. The first kappa shape index (κ1) is 14.1. The molecule has 1 aromatic heterocycles. The van der Waals surface area contributed by atoms with E-state index in [1.54, 1.807) is 0 Å². The van der Waals surface area contributed by atoms with E-state index in [9.17, 15) is 0 Å². The molecule has 4 nitrogen and oxygen atoms in total. The van der Waals surface area contributed by atoms with Crippen LogP contribution in [0.25, 0.3) is 0 Å². The SMILES string of the molecule is CCn1ccnc1CC(NN)c1cccc(Cl)c1C. The summed E-state index contributed by atoms with van der Waals surface area (Å²) in [6.07, 6.45) is 4.53. The molecule has 0 saturated carbocycles. The van der Waals surface area contributed by atoms with Gasteiger partial charge in [0, 0.05) is 30.4 Å². The molecule has 0 aliphatic rings. The summed E-state index contributed by atoms with van der Waals surface area (Å²) in [5.74, 6) is 6.72. The number of rotatable bonds is 5. The van der Waals surface area contributed by atoms with Crippen molar-refractivity contribution in [3.05, 3.63) is 52.6 Å². The minimum absolute atomic E-state index is 0.00593. The number of halogens is 1. The molecule has 19 heavy (non-hydrogen) atoms. The van der Waals surface area contributed by atoms with Crippen LogP contribution in [0, 0.1) is 6.92 Å². The molecule has 0 spiro atoms. The van der Waals surface area contributed by atoms with Crippen molar-refractivity contribution in [2.45, 2.75) is 32.9 Å². The molecule has 0 saturated heterocycles. The quantitative estimate of drug-likeness (QED) is 0.653. The Morgan fingerprint density at radius 1 is 1.47 bits per heavy atom. The first-order valence-electron chi connectivity index (χ1n) is 6.38. The molecule has 2 aromatic rings. The third-order valence-corrected chi connectivity index (χ3v) is 3.82. The van der Waals surface area contributed by atoms with E-state index in [-0.39, 0.29) is 6.04 Å². The van der Waals surface area contributed by atoms with E-state index < -0.39 is 0 Å². The smallest absolute Gasteiger partial charge is 0.110 e. The molecule has 1 heterocycles. The molecular weight excluding hydrogens is 260 g/mol. The maximum Gasteiger partial charge on any atom is 0.110 e. The predicted molar refractivity (Wildman–Crippen MR) is 77.9 cm³/mol. The van der Waals surface area contributed by atoms with Crippen LogP contribution < -0.4 is 11.3 Å². The minimum Gasteiger partial charge on any atom is -0.335 e. The molecule has 3 N–H and O–H groups in total. The molecule has 2 rings (SSSR count). The number of hydrazine groups is 1. The monoisotopic (exact) mass is 278 g/mol. The summed E-state index contributed by atoms with van der Waals surface area (Å²) in [6, 6.07) is 5.89. The average Bonchev–Trinajstić information content (AvgIpc) is 2.87. The highest BCUT2D eigenvalue weighted by atomic mass is 35.5. The van der Waals surface area contributed by atoms with Gasteiger partial charge in [-0.25, -0.2) is 4.98 Å².